The zero-order chi connectivity index (χ0) is 15.6. The molecule has 21 heavy (non-hydrogen) atoms. The Morgan fingerprint density at radius 2 is 1.57 bits per heavy atom. The van der Waals surface area contributed by atoms with Crippen molar-refractivity contribution in [3.63, 3.8) is 0 Å². The first-order chi connectivity index (χ1) is 9.93. The number of rotatable bonds is 4. The van der Waals surface area contributed by atoms with Gasteiger partial charge >= 0.3 is 0 Å². The second-order valence-electron chi connectivity index (χ2n) is 5.99. The topological polar surface area (TPSA) is 42.9 Å². The average molecular weight is 282 g/mol. The van der Waals surface area contributed by atoms with Crippen molar-refractivity contribution in [3.8, 4) is 0 Å². The van der Waals surface area contributed by atoms with Crippen LogP contribution in [0.25, 0.3) is 16.6 Å². The number of benzene rings is 1. The van der Waals surface area contributed by atoms with Crippen molar-refractivity contribution in [1.29, 1.82) is 0 Å². The van der Waals surface area contributed by atoms with Crippen molar-refractivity contribution in [1.82, 2.24) is 9.97 Å². The summed E-state index contributed by atoms with van der Waals surface area (Å²) in [6.45, 7) is 10.5. The summed E-state index contributed by atoms with van der Waals surface area (Å²) in [6, 6.07) is 5.98. The average Bonchev–Trinajstić information content (AvgIpc) is 2.45. The predicted octanol–water partition coefficient (Wildman–Crippen LogP) is 4.48. The van der Waals surface area contributed by atoms with Crippen molar-refractivity contribution >= 4 is 22.9 Å². The Morgan fingerprint density at radius 1 is 1.00 bits per heavy atom. The van der Waals surface area contributed by atoms with E-state index in [0.29, 0.717) is 11.8 Å². The van der Waals surface area contributed by atoms with Crippen LogP contribution in [0.15, 0.2) is 24.3 Å². The van der Waals surface area contributed by atoms with Crippen LogP contribution in [0, 0.1) is 0 Å². The molecule has 0 saturated heterocycles. The first-order valence-electron chi connectivity index (χ1n) is 7.38. The maximum absolute atomic E-state index is 10.6. The standard InChI is InChI=1S/C18H22N2O/c1-11(2)17-18(12(3)4)20-16-10-14(13(5)8-9-21)6-7-15(16)19-17/h6-12H,1-5H3/b13-8-. The van der Waals surface area contributed by atoms with E-state index < -0.39 is 0 Å². The fourth-order valence-electron chi connectivity index (χ4n) is 2.37. The van der Waals surface area contributed by atoms with Gasteiger partial charge in [-0.1, -0.05) is 33.8 Å². The highest BCUT2D eigenvalue weighted by molar-refractivity contribution is 5.85. The first-order valence-corrected chi connectivity index (χ1v) is 7.38. The molecule has 0 unspecified atom stereocenters. The number of nitrogens with zero attached hydrogens (tertiary/aromatic N) is 2. The summed E-state index contributed by atoms with van der Waals surface area (Å²) in [5, 5.41) is 0. The summed E-state index contributed by atoms with van der Waals surface area (Å²) in [7, 11) is 0. The van der Waals surface area contributed by atoms with Gasteiger partial charge in [-0.3, -0.25) is 4.79 Å². The highest BCUT2D eigenvalue weighted by Gasteiger charge is 2.15. The molecule has 0 radical (unpaired) electrons. The van der Waals surface area contributed by atoms with Gasteiger partial charge in [-0.05, 0) is 48.1 Å². The van der Waals surface area contributed by atoms with Crippen molar-refractivity contribution in [2.24, 2.45) is 0 Å². The number of carbonyl (C=O) groups excluding carboxylic acids is 1. The minimum atomic E-state index is 0.342. The summed E-state index contributed by atoms with van der Waals surface area (Å²) in [5.41, 5.74) is 5.88. The molecular weight excluding hydrogens is 260 g/mol. The van der Waals surface area contributed by atoms with Crippen LogP contribution in [-0.2, 0) is 4.79 Å². The third-order valence-electron chi connectivity index (χ3n) is 3.59. The lowest BCUT2D eigenvalue weighted by atomic mass is 9.99. The summed E-state index contributed by atoms with van der Waals surface area (Å²) < 4.78 is 0. The highest BCUT2D eigenvalue weighted by Crippen LogP contribution is 2.26. The smallest absolute Gasteiger partial charge is 0.143 e. The Morgan fingerprint density at radius 3 is 2.10 bits per heavy atom. The monoisotopic (exact) mass is 282 g/mol. The predicted molar refractivity (Wildman–Crippen MR) is 87.4 cm³/mol. The molecule has 0 saturated carbocycles. The molecular formula is C18H22N2O. The summed E-state index contributed by atoms with van der Waals surface area (Å²) in [5.74, 6) is 0.699. The van der Waals surface area contributed by atoms with E-state index in [1.165, 1.54) is 0 Å². The summed E-state index contributed by atoms with van der Waals surface area (Å²) in [4.78, 5) is 20.2. The number of fused-ring (bicyclic) bond motifs is 1. The van der Waals surface area contributed by atoms with Crippen LogP contribution < -0.4 is 0 Å². The minimum Gasteiger partial charge on any atom is -0.299 e. The molecule has 0 N–H and O–H groups in total. The van der Waals surface area contributed by atoms with Gasteiger partial charge in [-0.15, -0.1) is 0 Å². The summed E-state index contributed by atoms with van der Waals surface area (Å²) in [6.07, 6.45) is 2.38. The number of hydrogen-bond acceptors (Lipinski definition) is 3. The number of hydrogen-bond donors (Lipinski definition) is 0. The molecule has 110 valence electrons. The highest BCUT2D eigenvalue weighted by atomic mass is 16.1. The Balaban J connectivity index is 2.65. The zero-order valence-electron chi connectivity index (χ0n) is 13.3. The van der Waals surface area contributed by atoms with Gasteiger partial charge in [-0.25, -0.2) is 9.97 Å². The largest absolute Gasteiger partial charge is 0.299 e. The molecule has 0 aliphatic carbocycles. The Labute approximate surface area is 126 Å². The van der Waals surface area contributed by atoms with Crippen LogP contribution in [0.1, 0.15) is 63.4 Å². The van der Waals surface area contributed by atoms with Crippen LogP contribution in [0.5, 0.6) is 0 Å². The SMILES string of the molecule is C/C(=C/C=O)c1ccc2nc(C(C)C)c(C(C)C)nc2c1. The van der Waals surface area contributed by atoms with Gasteiger partial charge in [0.1, 0.15) is 6.29 Å². The summed E-state index contributed by atoms with van der Waals surface area (Å²) >= 11 is 0. The van der Waals surface area contributed by atoms with Gasteiger partial charge in [-0.2, -0.15) is 0 Å². The van der Waals surface area contributed by atoms with Crippen molar-refractivity contribution in [3.05, 3.63) is 41.2 Å². The minimum absolute atomic E-state index is 0.342. The van der Waals surface area contributed by atoms with Gasteiger partial charge in [0.15, 0.2) is 0 Å². The maximum Gasteiger partial charge on any atom is 0.143 e. The van der Waals surface area contributed by atoms with Gasteiger partial charge in [0, 0.05) is 0 Å². The fourth-order valence-corrected chi connectivity index (χ4v) is 2.37. The van der Waals surface area contributed by atoms with E-state index in [2.05, 4.69) is 27.7 Å². The quantitative estimate of drug-likeness (QED) is 0.613. The van der Waals surface area contributed by atoms with Gasteiger partial charge < -0.3 is 0 Å². The lowest BCUT2D eigenvalue weighted by Gasteiger charge is -2.15. The van der Waals surface area contributed by atoms with Crippen molar-refractivity contribution in [2.75, 3.05) is 0 Å². The van der Waals surface area contributed by atoms with E-state index in [1.807, 2.05) is 25.1 Å². The van der Waals surface area contributed by atoms with Crippen LogP contribution in [0.2, 0.25) is 0 Å². The molecule has 3 heteroatoms. The number of aromatic nitrogens is 2. The van der Waals surface area contributed by atoms with Crippen molar-refractivity contribution in [2.45, 2.75) is 46.5 Å². The van der Waals surface area contributed by atoms with Gasteiger partial charge in [0.2, 0.25) is 0 Å². The van der Waals surface area contributed by atoms with Crippen LogP contribution in [-0.4, -0.2) is 16.3 Å². The van der Waals surface area contributed by atoms with E-state index in [4.69, 9.17) is 9.97 Å². The molecule has 1 aromatic carbocycles. The van der Waals surface area contributed by atoms with E-state index in [9.17, 15) is 4.79 Å². The van der Waals surface area contributed by atoms with Crippen LogP contribution >= 0.6 is 0 Å². The third kappa shape index (κ3) is 3.18. The third-order valence-corrected chi connectivity index (χ3v) is 3.59. The first kappa shape index (κ1) is 15.4. The van der Waals surface area contributed by atoms with E-state index in [0.717, 1.165) is 39.8 Å². The Kier molecular flexibility index (Phi) is 4.51. The molecule has 0 spiro atoms. The molecule has 0 aliphatic heterocycles. The molecule has 2 rings (SSSR count). The molecule has 2 aromatic rings. The molecule has 1 heterocycles. The normalized spacial score (nSPS) is 12.4. The maximum atomic E-state index is 10.6. The molecule has 0 atom stereocenters. The second-order valence-corrected chi connectivity index (χ2v) is 5.99. The molecule has 1 aromatic heterocycles. The van der Waals surface area contributed by atoms with E-state index >= 15 is 0 Å². The van der Waals surface area contributed by atoms with E-state index in [1.54, 1.807) is 6.08 Å². The van der Waals surface area contributed by atoms with Crippen LogP contribution in [0.3, 0.4) is 0 Å². The van der Waals surface area contributed by atoms with Crippen LogP contribution in [0.4, 0.5) is 0 Å². The lowest BCUT2D eigenvalue weighted by molar-refractivity contribution is -0.104. The number of allylic oxidation sites excluding steroid dienone is 2. The molecule has 0 aliphatic rings. The van der Waals surface area contributed by atoms with Gasteiger partial charge in [0.25, 0.3) is 0 Å². The fraction of sp³-hybridized carbons (Fsp3) is 0.389. The van der Waals surface area contributed by atoms with E-state index in [-0.39, 0.29) is 0 Å². The molecule has 0 fully saturated rings. The Bertz CT molecular complexity index is 700. The molecule has 0 bridgehead atoms. The lowest BCUT2D eigenvalue weighted by Crippen LogP contribution is -2.06. The zero-order valence-corrected chi connectivity index (χ0v) is 13.3. The Hall–Kier alpha value is -2.03. The molecule has 0 amide bonds. The van der Waals surface area contributed by atoms with Gasteiger partial charge in [0.05, 0.1) is 22.4 Å². The molecule has 3 nitrogen and oxygen atoms in total. The second kappa shape index (κ2) is 6.17. The number of carbonyl (C=O) groups is 1. The van der Waals surface area contributed by atoms with Crippen molar-refractivity contribution < 1.29 is 4.79 Å². The number of aldehydes is 1.